The van der Waals surface area contributed by atoms with Crippen LogP contribution in [0.2, 0.25) is 0 Å². The molecule has 18 heavy (non-hydrogen) atoms. The second-order valence-electron chi connectivity index (χ2n) is 4.29. The van der Waals surface area contributed by atoms with Crippen LogP contribution in [0.15, 0.2) is 24.3 Å². The predicted octanol–water partition coefficient (Wildman–Crippen LogP) is 2.16. The summed E-state index contributed by atoms with van der Waals surface area (Å²) in [6.45, 7) is 8.55. The van der Waals surface area contributed by atoms with Crippen LogP contribution in [0.1, 0.15) is 31.1 Å². The van der Waals surface area contributed by atoms with Crippen molar-refractivity contribution in [3.63, 3.8) is 0 Å². The zero-order chi connectivity index (χ0) is 13.5. The Morgan fingerprint density at radius 3 is 2.61 bits per heavy atom. The minimum atomic E-state index is -0.318. The lowest BCUT2D eigenvalue weighted by atomic mass is 10.2. The summed E-state index contributed by atoms with van der Waals surface area (Å²) in [6, 6.07) is 7.06. The van der Waals surface area contributed by atoms with Gasteiger partial charge in [-0.25, -0.2) is 4.79 Å². The maximum Gasteiger partial charge on any atom is 0.338 e. The summed E-state index contributed by atoms with van der Waals surface area (Å²) in [5.74, 6) is -0.318. The molecule has 0 aliphatic heterocycles. The number of anilines is 1. The topological polar surface area (TPSA) is 55.6 Å². The number of benzene rings is 1. The van der Waals surface area contributed by atoms with Crippen LogP contribution in [0.4, 0.5) is 5.69 Å². The van der Waals surface area contributed by atoms with E-state index in [9.17, 15) is 4.79 Å². The molecule has 4 heteroatoms. The highest BCUT2D eigenvalue weighted by Crippen LogP contribution is 2.09. The summed E-state index contributed by atoms with van der Waals surface area (Å²) in [5.41, 5.74) is 6.70. The van der Waals surface area contributed by atoms with Crippen molar-refractivity contribution in [2.75, 3.05) is 25.4 Å². The van der Waals surface area contributed by atoms with Gasteiger partial charge in [0.05, 0.1) is 5.56 Å². The van der Waals surface area contributed by atoms with Crippen LogP contribution >= 0.6 is 0 Å². The normalized spacial score (nSPS) is 12.4. The molecule has 4 nitrogen and oxygen atoms in total. The van der Waals surface area contributed by atoms with Gasteiger partial charge in [0, 0.05) is 11.7 Å². The number of carbonyl (C=O) groups excluding carboxylic acids is 1. The monoisotopic (exact) mass is 250 g/mol. The van der Waals surface area contributed by atoms with Gasteiger partial charge >= 0.3 is 5.97 Å². The summed E-state index contributed by atoms with van der Waals surface area (Å²) in [6.07, 6.45) is 0. The minimum Gasteiger partial charge on any atom is -0.460 e. The Labute approximate surface area is 109 Å². The fourth-order valence-electron chi connectivity index (χ4n) is 1.90. The molecule has 1 rings (SSSR count). The van der Waals surface area contributed by atoms with E-state index in [4.69, 9.17) is 10.5 Å². The highest BCUT2D eigenvalue weighted by molar-refractivity contribution is 5.90. The molecule has 2 N–H and O–H groups in total. The molecule has 0 aliphatic carbocycles. The molecule has 0 radical (unpaired) electrons. The van der Waals surface area contributed by atoms with Crippen LogP contribution in [-0.4, -0.2) is 36.6 Å². The van der Waals surface area contributed by atoms with Gasteiger partial charge in [0.25, 0.3) is 0 Å². The van der Waals surface area contributed by atoms with E-state index in [0.717, 1.165) is 13.1 Å². The zero-order valence-electron chi connectivity index (χ0n) is 11.3. The summed E-state index contributed by atoms with van der Waals surface area (Å²) >= 11 is 0. The first-order chi connectivity index (χ1) is 8.58. The van der Waals surface area contributed by atoms with Gasteiger partial charge in [-0.05, 0) is 38.2 Å². The van der Waals surface area contributed by atoms with E-state index >= 15 is 0 Å². The molecule has 1 aromatic carbocycles. The highest BCUT2D eigenvalue weighted by atomic mass is 16.5. The molecule has 0 spiro atoms. The maximum absolute atomic E-state index is 11.8. The first kappa shape index (κ1) is 14.5. The molecular formula is C14H22N2O2. The van der Waals surface area contributed by atoms with Crippen LogP contribution in [0.5, 0.6) is 0 Å². The van der Waals surface area contributed by atoms with Crippen molar-refractivity contribution in [3.8, 4) is 0 Å². The zero-order valence-corrected chi connectivity index (χ0v) is 11.3. The van der Waals surface area contributed by atoms with Crippen molar-refractivity contribution in [1.29, 1.82) is 0 Å². The highest BCUT2D eigenvalue weighted by Gasteiger charge is 2.13. The van der Waals surface area contributed by atoms with E-state index in [-0.39, 0.29) is 12.0 Å². The van der Waals surface area contributed by atoms with Gasteiger partial charge < -0.3 is 10.5 Å². The molecule has 0 bridgehead atoms. The second kappa shape index (κ2) is 7.01. The molecule has 0 saturated heterocycles. The first-order valence-corrected chi connectivity index (χ1v) is 6.35. The summed E-state index contributed by atoms with van der Waals surface area (Å²) in [4.78, 5) is 14.0. The number of esters is 1. The van der Waals surface area contributed by atoms with Gasteiger partial charge in [-0.15, -0.1) is 0 Å². The quantitative estimate of drug-likeness (QED) is 0.621. The molecule has 1 atom stereocenters. The van der Waals surface area contributed by atoms with E-state index in [1.807, 2.05) is 0 Å². The molecule has 0 saturated carbocycles. The van der Waals surface area contributed by atoms with E-state index in [1.165, 1.54) is 0 Å². The second-order valence-corrected chi connectivity index (χ2v) is 4.29. The van der Waals surface area contributed by atoms with Crippen LogP contribution < -0.4 is 5.73 Å². The fourth-order valence-corrected chi connectivity index (χ4v) is 1.90. The van der Waals surface area contributed by atoms with Gasteiger partial charge in [0.2, 0.25) is 0 Å². The summed E-state index contributed by atoms with van der Waals surface area (Å²) < 4.78 is 5.29. The van der Waals surface area contributed by atoms with Crippen LogP contribution in [-0.2, 0) is 4.74 Å². The lowest BCUT2D eigenvalue weighted by molar-refractivity contribution is 0.0381. The fraction of sp³-hybridized carbons (Fsp3) is 0.500. The molecule has 1 aromatic rings. The number of nitrogens with zero attached hydrogens (tertiary/aromatic N) is 1. The first-order valence-electron chi connectivity index (χ1n) is 6.35. The standard InChI is InChI=1S/C14H22N2O2/c1-4-16(5-2)11(3)10-18-14(17)12-7-6-8-13(15)9-12/h6-9,11H,4-5,10,15H2,1-3H3. The maximum atomic E-state index is 11.8. The Balaban J connectivity index is 2.51. The van der Waals surface area contributed by atoms with Gasteiger partial charge in [0.1, 0.15) is 6.61 Å². The Morgan fingerprint density at radius 2 is 2.06 bits per heavy atom. The Kier molecular flexibility index (Phi) is 5.65. The third kappa shape index (κ3) is 4.04. The molecular weight excluding hydrogens is 228 g/mol. The molecule has 0 amide bonds. The number of nitrogens with two attached hydrogens (primary N) is 1. The molecule has 0 aromatic heterocycles. The molecule has 0 heterocycles. The number of rotatable bonds is 6. The Morgan fingerprint density at radius 1 is 1.39 bits per heavy atom. The SMILES string of the molecule is CCN(CC)C(C)COC(=O)c1cccc(N)c1. The predicted molar refractivity (Wildman–Crippen MR) is 73.5 cm³/mol. The van der Waals surface area contributed by atoms with Gasteiger partial charge in [-0.1, -0.05) is 19.9 Å². The number of hydrogen-bond donors (Lipinski definition) is 1. The van der Waals surface area contributed by atoms with E-state index in [0.29, 0.717) is 17.9 Å². The van der Waals surface area contributed by atoms with Gasteiger partial charge in [-0.2, -0.15) is 0 Å². The van der Waals surface area contributed by atoms with Crippen LogP contribution in [0.3, 0.4) is 0 Å². The summed E-state index contributed by atoms with van der Waals surface area (Å²) in [7, 11) is 0. The largest absolute Gasteiger partial charge is 0.460 e. The third-order valence-electron chi connectivity index (χ3n) is 3.01. The smallest absolute Gasteiger partial charge is 0.338 e. The van der Waals surface area contributed by atoms with Gasteiger partial charge in [-0.3, -0.25) is 4.90 Å². The number of hydrogen-bond acceptors (Lipinski definition) is 4. The van der Waals surface area contributed by atoms with Crippen molar-refractivity contribution in [1.82, 2.24) is 4.90 Å². The Bertz CT molecular complexity index is 389. The van der Waals surface area contributed by atoms with Crippen LogP contribution in [0.25, 0.3) is 0 Å². The van der Waals surface area contributed by atoms with E-state index in [2.05, 4.69) is 25.7 Å². The van der Waals surface area contributed by atoms with Gasteiger partial charge in [0.15, 0.2) is 0 Å². The third-order valence-corrected chi connectivity index (χ3v) is 3.01. The number of nitrogen functional groups attached to an aromatic ring is 1. The van der Waals surface area contributed by atoms with Crippen molar-refractivity contribution < 1.29 is 9.53 Å². The average molecular weight is 250 g/mol. The summed E-state index contributed by atoms with van der Waals surface area (Å²) in [5, 5.41) is 0. The van der Waals surface area contributed by atoms with Crippen molar-refractivity contribution >= 4 is 11.7 Å². The molecule has 1 unspecified atom stereocenters. The number of carbonyl (C=O) groups is 1. The molecule has 0 aliphatic rings. The minimum absolute atomic E-state index is 0.227. The van der Waals surface area contributed by atoms with Crippen molar-refractivity contribution in [2.45, 2.75) is 26.8 Å². The lowest BCUT2D eigenvalue weighted by Crippen LogP contribution is -2.36. The molecule has 100 valence electrons. The molecule has 0 fully saturated rings. The van der Waals surface area contributed by atoms with Crippen molar-refractivity contribution in [2.24, 2.45) is 0 Å². The van der Waals surface area contributed by atoms with E-state index < -0.39 is 0 Å². The number of likely N-dealkylation sites (N-methyl/N-ethyl adjacent to an activating group) is 1. The van der Waals surface area contributed by atoms with Crippen LogP contribution in [0, 0.1) is 0 Å². The lowest BCUT2D eigenvalue weighted by Gasteiger charge is -2.25. The van der Waals surface area contributed by atoms with Crippen molar-refractivity contribution in [3.05, 3.63) is 29.8 Å². The average Bonchev–Trinajstić information content (AvgIpc) is 2.37. The Hall–Kier alpha value is -1.55. The van der Waals surface area contributed by atoms with E-state index in [1.54, 1.807) is 24.3 Å². The number of ether oxygens (including phenoxy) is 1.